The summed E-state index contributed by atoms with van der Waals surface area (Å²) in [6, 6.07) is 12.7. The second-order valence-electron chi connectivity index (χ2n) is 5.54. The predicted molar refractivity (Wildman–Crippen MR) is 106 cm³/mol. The minimum Gasteiger partial charge on any atom is -0.494 e. The van der Waals surface area contributed by atoms with E-state index in [2.05, 4.69) is 10.3 Å². The summed E-state index contributed by atoms with van der Waals surface area (Å²) in [4.78, 5) is 4.29. The second kappa shape index (κ2) is 8.89. The van der Waals surface area contributed by atoms with Crippen molar-refractivity contribution in [1.29, 1.82) is 0 Å². The molecule has 0 amide bonds. The number of nitrogens with zero attached hydrogens (tertiary/aromatic N) is 1. The lowest BCUT2D eigenvalue weighted by Crippen LogP contribution is -2.37. The lowest BCUT2D eigenvalue weighted by molar-refractivity contribution is 0.262. The zero-order valence-corrected chi connectivity index (χ0v) is 16.2. The molecule has 1 atom stereocenters. The summed E-state index contributed by atoms with van der Waals surface area (Å²) in [6.07, 6.45) is 0.810. The molecule has 3 rings (SSSR count). The highest BCUT2D eigenvalue weighted by Crippen LogP contribution is 2.31. The number of rotatable bonds is 4. The van der Waals surface area contributed by atoms with Gasteiger partial charge in [-0.05, 0) is 23.8 Å². The van der Waals surface area contributed by atoms with Gasteiger partial charge < -0.3 is 20.5 Å². The van der Waals surface area contributed by atoms with Crippen molar-refractivity contribution in [2.75, 3.05) is 13.7 Å². The second-order valence-corrected chi connectivity index (χ2v) is 5.54. The maximum atomic E-state index is 13.7. The van der Waals surface area contributed by atoms with Crippen molar-refractivity contribution < 1.29 is 13.9 Å². The first-order valence-electron chi connectivity index (χ1n) is 7.78. The van der Waals surface area contributed by atoms with E-state index >= 15 is 0 Å². The number of hydrogen-bond donors (Lipinski definition) is 2. The smallest absolute Gasteiger partial charge is 0.189 e. The van der Waals surface area contributed by atoms with Crippen molar-refractivity contribution >= 4 is 29.9 Å². The predicted octanol–water partition coefficient (Wildman–Crippen LogP) is 3.38. The fourth-order valence-corrected chi connectivity index (χ4v) is 2.70. The lowest BCUT2D eigenvalue weighted by atomic mass is 10.0. The number of benzene rings is 2. The summed E-state index contributed by atoms with van der Waals surface area (Å²) in [5.41, 5.74) is 7.78. The van der Waals surface area contributed by atoms with Crippen molar-refractivity contribution in [2.45, 2.75) is 19.0 Å². The molecule has 1 aliphatic heterocycles. The molecule has 0 saturated carbocycles. The van der Waals surface area contributed by atoms with Crippen molar-refractivity contribution in [1.82, 2.24) is 5.32 Å². The average molecular weight is 457 g/mol. The first kappa shape index (κ1) is 19.3. The maximum Gasteiger partial charge on any atom is 0.189 e. The topological polar surface area (TPSA) is 68.9 Å². The minimum absolute atomic E-state index is 0. The van der Waals surface area contributed by atoms with Gasteiger partial charge in [0.2, 0.25) is 0 Å². The molecule has 1 heterocycles. The normalized spacial score (nSPS) is 16.2. The van der Waals surface area contributed by atoms with Crippen LogP contribution in [0.1, 0.15) is 23.6 Å². The van der Waals surface area contributed by atoms with Gasteiger partial charge in [0.25, 0.3) is 0 Å². The van der Waals surface area contributed by atoms with Crippen molar-refractivity contribution in [2.24, 2.45) is 10.7 Å². The summed E-state index contributed by atoms with van der Waals surface area (Å²) in [7, 11) is 1.43. The zero-order valence-electron chi connectivity index (χ0n) is 13.9. The number of ether oxygens (including phenoxy) is 2. The van der Waals surface area contributed by atoms with Gasteiger partial charge in [-0.1, -0.05) is 24.3 Å². The molecule has 25 heavy (non-hydrogen) atoms. The van der Waals surface area contributed by atoms with Gasteiger partial charge in [-0.15, -0.1) is 24.0 Å². The Labute approximate surface area is 163 Å². The van der Waals surface area contributed by atoms with Crippen LogP contribution in [0, 0.1) is 5.82 Å². The van der Waals surface area contributed by atoms with E-state index in [1.807, 2.05) is 24.3 Å². The SMILES string of the molecule is COc1ccc(CN=C(N)NC2CCOc3ccccc32)cc1F.I. The minimum atomic E-state index is -0.407. The zero-order chi connectivity index (χ0) is 16.9. The Morgan fingerprint density at radius 2 is 2.16 bits per heavy atom. The summed E-state index contributed by atoms with van der Waals surface area (Å²) >= 11 is 0. The van der Waals surface area contributed by atoms with Crippen LogP contribution in [0.25, 0.3) is 0 Å². The molecule has 0 fully saturated rings. The van der Waals surface area contributed by atoms with Gasteiger partial charge in [-0.3, -0.25) is 0 Å². The van der Waals surface area contributed by atoms with Crippen LogP contribution in [-0.2, 0) is 6.54 Å². The standard InChI is InChI=1S/C18H20FN3O2.HI/c1-23-17-7-6-12(10-14(17)19)11-21-18(20)22-15-8-9-24-16-5-3-2-4-13(15)16;/h2-7,10,15H,8-9,11H2,1H3,(H3,20,21,22);1H. The van der Waals surface area contributed by atoms with E-state index in [1.165, 1.54) is 13.2 Å². The summed E-state index contributed by atoms with van der Waals surface area (Å²) in [6.45, 7) is 0.927. The third-order valence-corrected chi connectivity index (χ3v) is 3.93. The fraction of sp³-hybridized carbons (Fsp3) is 0.278. The van der Waals surface area contributed by atoms with Gasteiger partial charge in [0.15, 0.2) is 17.5 Å². The highest BCUT2D eigenvalue weighted by Gasteiger charge is 2.21. The first-order chi connectivity index (χ1) is 11.7. The summed E-state index contributed by atoms with van der Waals surface area (Å²) < 4.78 is 24.2. The van der Waals surface area contributed by atoms with Crippen molar-refractivity contribution in [3.8, 4) is 11.5 Å². The van der Waals surface area contributed by atoms with Gasteiger partial charge in [0, 0.05) is 12.0 Å². The van der Waals surface area contributed by atoms with Crippen LogP contribution in [0.5, 0.6) is 11.5 Å². The van der Waals surface area contributed by atoms with Gasteiger partial charge in [-0.2, -0.15) is 0 Å². The molecule has 2 aromatic rings. The number of nitrogens with one attached hydrogen (secondary N) is 1. The first-order valence-corrected chi connectivity index (χ1v) is 7.78. The Balaban J connectivity index is 0.00000225. The van der Waals surface area contributed by atoms with Crippen LogP contribution >= 0.6 is 24.0 Å². The van der Waals surface area contributed by atoms with Crippen molar-refractivity contribution in [3.63, 3.8) is 0 Å². The Morgan fingerprint density at radius 3 is 2.92 bits per heavy atom. The van der Waals surface area contributed by atoms with Crippen LogP contribution in [0.2, 0.25) is 0 Å². The summed E-state index contributed by atoms with van der Waals surface area (Å²) in [5.74, 6) is 1.00. The molecule has 0 aromatic heterocycles. The number of guanidine groups is 1. The van der Waals surface area contributed by atoms with Gasteiger partial charge in [-0.25, -0.2) is 9.38 Å². The monoisotopic (exact) mass is 457 g/mol. The van der Waals surface area contributed by atoms with E-state index in [1.54, 1.807) is 12.1 Å². The van der Waals surface area contributed by atoms with Crippen LogP contribution in [0.15, 0.2) is 47.5 Å². The number of para-hydroxylation sites is 1. The molecule has 2 aromatic carbocycles. The van der Waals surface area contributed by atoms with Crippen molar-refractivity contribution in [3.05, 3.63) is 59.4 Å². The van der Waals surface area contributed by atoms with Gasteiger partial charge in [0.05, 0.1) is 26.3 Å². The molecule has 7 heteroatoms. The van der Waals surface area contributed by atoms with Gasteiger partial charge in [0.1, 0.15) is 5.75 Å². The fourth-order valence-electron chi connectivity index (χ4n) is 2.70. The number of hydrogen-bond acceptors (Lipinski definition) is 3. The summed E-state index contributed by atoms with van der Waals surface area (Å²) in [5, 5.41) is 3.21. The number of aliphatic imine (C=N–C) groups is 1. The maximum absolute atomic E-state index is 13.7. The van der Waals surface area contributed by atoms with E-state index < -0.39 is 5.82 Å². The van der Waals surface area contributed by atoms with Crippen LogP contribution < -0.4 is 20.5 Å². The van der Waals surface area contributed by atoms with E-state index in [4.69, 9.17) is 15.2 Å². The van der Waals surface area contributed by atoms with Crippen LogP contribution in [0.3, 0.4) is 0 Å². The Bertz CT molecular complexity index is 755. The third kappa shape index (κ3) is 4.75. The molecule has 1 aliphatic rings. The quantitative estimate of drug-likeness (QED) is 0.420. The van der Waals surface area contributed by atoms with E-state index in [9.17, 15) is 4.39 Å². The molecule has 1 unspecified atom stereocenters. The highest BCUT2D eigenvalue weighted by atomic mass is 127. The molecular weight excluding hydrogens is 436 g/mol. The average Bonchev–Trinajstić information content (AvgIpc) is 2.60. The molecule has 0 aliphatic carbocycles. The lowest BCUT2D eigenvalue weighted by Gasteiger charge is -2.26. The Kier molecular flexibility index (Phi) is 6.86. The molecule has 3 N–H and O–H groups in total. The number of nitrogens with two attached hydrogens (primary N) is 1. The number of fused-ring (bicyclic) bond motifs is 1. The molecule has 0 bridgehead atoms. The molecule has 0 radical (unpaired) electrons. The Morgan fingerprint density at radius 1 is 1.36 bits per heavy atom. The van der Waals surface area contributed by atoms with E-state index in [0.29, 0.717) is 19.1 Å². The van der Waals surface area contributed by atoms with Crippen LogP contribution in [0.4, 0.5) is 4.39 Å². The van der Waals surface area contributed by atoms with Crippen LogP contribution in [-0.4, -0.2) is 19.7 Å². The van der Waals surface area contributed by atoms with E-state index in [-0.39, 0.29) is 35.8 Å². The molecule has 0 saturated heterocycles. The number of halogens is 2. The Hall–Kier alpha value is -2.03. The van der Waals surface area contributed by atoms with E-state index in [0.717, 1.165) is 23.3 Å². The molecule has 0 spiro atoms. The largest absolute Gasteiger partial charge is 0.494 e. The number of methoxy groups -OCH3 is 1. The third-order valence-electron chi connectivity index (χ3n) is 3.93. The highest BCUT2D eigenvalue weighted by molar-refractivity contribution is 14.0. The molecule has 134 valence electrons. The molecular formula is C18H21FIN3O2. The molecule has 5 nitrogen and oxygen atoms in total. The van der Waals surface area contributed by atoms with Gasteiger partial charge >= 0.3 is 0 Å².